The molecule has 0 amide bonds. The lowest BCUT2D eigenvalue weighted by molar-refractivity contribution is -0.274. The number of hydrogen-bond donors (Lipinski definition) is 2. The van der Waals surface area contributed by atoms with Gasteiger partial charge in [-0.05, 0) is 47.4 Å². The van der Waals surface area contributed by atoms with E-state index in [9.17, 15) is 13.2 Å². The standard InChI is InChI=1S/C25H22F3N5O.CH3NS/c1-17(2)22-5-3-4-6-23(22)31-30-15-18-7-9-19(10-8-18)24-29-16-33(32-24)20-11-13-21(14-12-20)34-25(26,27)28;2-1-3/h3-17,31H,1-2H3;1H,(H2,2,3)/b30-15+;. The van der Waals surface area contributed by atoms with E-state index >= 15 is 0 Å². The van der Waals surface area contributed by atoms with E-state index in [0.717, 1.165) is 22.3 Å². The molecule has 0 fully saturated rings. The minimum atomic E-state index is -4.73. The first-order valence-electron chi connectivity index (χ1n) is 11.1. The van der Waals surface area contributed by atoms with Crippen molar-refractivity contribution in [1.29, 1.82) is 0 Å². The van der Waals surface area contributed by atoms with E-state index in [4.69, 9.17) is 0 Å². The molecule has 0 spiro atoms. The van der Waals surface area contributed by atoms with Crippen LogP contribution in [0.4, 0.5) is 18.9 Å². The fourth-order valence-electron chi connectivity index (χ4n) is 3.32. The highest BCUT2D eigenvalue weighted by Crippen LogP contribution is 2.25. The molecule has 0 radical (unpaired) electrons. The fourth-order valence-corrected chi connectivity index (χ4v) is 3.32. The summed E-state index contributed by atoms with van der Waals surface area (Å²) < 4.78 is 42.3. The summed E-state index contributed by atoms with van der Waals surface area (Å²) in [6.07, 6.45) is -1.49. The highest BCUT2D eigenvalue weighted by molar-refractivity contribution is 7.78. The molecule has 0 unspecified atom stereocenters. The van der Waals surface area contributed by atoms with Gasteiger partial charge in [-0.15, -0.1) is 18.3 Å². The molecule has 0 bridgehead atoms. The summed E-state index contributed by atoms with van der Waals surface area (Å²) in [6.45, 7) is 4.27. The number of hydrazone groups is 1. The number of hydrogen-bond acceptors (Lipinski definition) is 6. The lowest BCUT2D eigenvalue weighted by atomic mass is 10.0. The summed E-state index contributed by atoms with van der Waals surface area (Å²) in [5, 5.41) is 8.75. The Bertz CT molecular complexity index is 1320. The average Bonchev–Trinajstić information content (AvgIpc) is 3.35. The molecule has 0 atom stereocenters. The molecule has 7 nitrogen and oxygen atoms in total. The molecule has 0 saturated heterocycles. The van der Waals surface area contributed by atoms with Crippen LogP contribution in [0, 0.1) is 0 Å². The van der Waals surface area contributed by atoms with Gasteiger partial charge in [-0.2, -0.15) is 5.10 Å². The molecule has 192 valence electrons. The van der Waals surface area contributed by atoms with Crippen molar-refractivity contribution in [3.8, 4) is 22.8 Å². The third kappa shape index (κ3) is 8.14. The summed E-state index contributed by atoms with van der Waals surface area (Å²) in [6, 6.07) is 21.0. The number of nitrogens with zero attached hydrogens (tertiary/aromatic N) is 4. The Hall–Kier alpha value is -4.25. The Balaban J connectivity index is 0.00000121. The second kappa shape index (κ2) is 12.6. The van der Waals surface area contributed by atoms with Crippen molar-refractivity contribution in [2.75, 3.05) is 5.43 Å². The molecule has 0 saturated carbocycles. The molecule has 0 aliphatic rings. The predicted molar refractivity (Wildman–Crippen MR) is 143 cm³/mol. The molecule has 4 rings (SSSR count). The molecular formula is C26H25F3N6OS. The number of para-hydroxylation sites is 1. The SMILES string of the molecule is CC(C)c1ccccc1N/N=C/c1ccc(-c2ncn(-c3ccc(OC(F)(F)F)cc3)n2)cc1.NC=S. The van der Waals surface area contributed by atoms with Gasteiger partial charge < -0.3 is 10.5 Å². The van der Waals surface area contributed by atoms with Gasteiger partial charge in [0, 0.05) is 5.56 Å². The zero-order valence-electron chi connectivity index (χ0n) is 20.1. The average molecular weight is 527 g/mol. The van der Waals surface area contributed by atoms with Gasteiger partial charge >= 0.3 is 6.36 Å². The molecule has 4 aromatic rings. The second-order valence-electron chi connectivity index (χ2n) is 7.92. The first-order chi connectivity index (χ1) is 17.7. The van der Waals surface area contributed by atoms with E-state index in [1.807, 2.05) is 42.5 Å². The minimum Gasteiger partial charge on any atom is -0.406 e. The number of nitrogens with one attached hydrogen (secondary N) is 1. The summed E-state index contributed by atoms with van der Waals surface area (Å²) >= 11 is 4.05. The van der Waals surface area contributed by atoms with Gasteiger partial charge in [-0.3, -0.25) is 5.43 Å². The number of aromatic nitrogens is 3. The van der Waals surface area contributed by atoms with Crippen LogP contribution in [0.15, 0.2) is 84.2 Å². The lowest BCUT2D eigenvalue weighted by Crippen LogP contribution is -2.17. The van der Waals surface area contributed by atoms with Crippen molar-refractivity contribution in [2.24, 2.45) is 10.8 Å². The zero-order chi connectivity index (χ0) is 26.8. The monoisotopic (exact) mass is 526 g/mol. The fraction of sp³-hybridized carbons (Fsp3) is 0.154. The second-order valence-corrected chi connectivity index (χ2v) is 8.20. The van der Waals surface area contributed by atoms with Crippen molar-refractivity contribution in [3.63, 3.8) is 0 Å². The number of alkyl halides is 3. The molecule has 1 aromatic heterocycles. The van der Waals surface area contributed by atoms with Crippen molar-refractivity contribution >= 4 is 29.6 Å². The van der Waals surface area contributed by atoms with E-state index < -0.39 is 6.36 Å². The number of thiocarbonyl (C=S) groups is 1. The number of anilines is 1. The van der Waals surface area contributed by atoms with Gasteiger partial charge in [-0.1, -0.05) is 68.5 Å². The number of rotatable bonds is 7. The smallest absolute Gasteiger partial charge is 0.406 e. The number of nitrogens with two attached hydrogens (primary N) is 1. The van der Waals surface area contributed by atoms with Crippen LogP contribution >= 0.6 is 12.2 Å². The van der Waals surface area contributed by atoms with Crippen LogP contribution in [-0.4, -0.2) is 32.8 Å². The molecule has 0 aliphatic carbocycles. The highest BCUT2D eigenvalue weighted by atomic mass is 32.1. The van der Waals surface area contributed by atoms with E-state index in [-0.39, 0.29) is 5.75 Å². The third-order valence-electron chi connectivity index (χ3n) is 4.98. The minimum absolute atomic E-state index is 0.295. The van der Waals surface area contributed by atoms with Gasteiger partial charge in [0.05, 0.1) is 23.1 Å². The maximum atomic E-state index is 12.3. The lowest BCUT2D eigenvalue weighted by Gasteiger charge is -2.11. The van der Waals surface area contributed by atoms with E-state index in [0.29, 0.717) is 17.4 Å². The Kier molecular flexibility index (Phi) is 9.33. The van der Waals surface area contributed by atoms with E-state index in [1.165, 1.54) is 40.8 Å². The summed E-state index contributed by atoms with van der Waals surface area (Å²) in [5.74, 6) is 0.579. The molecule has 0 aliphatic heterocycles. The van der Waals surface area contributed by atoms with E-state index in [2.05, 4.69) is 63.2 Å². The Morgan fingerprint density at radius 2 is 1.68 bits per heavy atom. The van der Waals surface area contributed by atoms with E-state index in [1.54, 1.807) is 6.21 Å². The Labute approximate surface area is 217 Å². The maximum Gasteiger partial charge on any atom is 0.573 e. The number of halogens is 3. The normalized spacial score (nSPS) is 11.2. The molecular weight excluding hydrogens is 501 g/mol. The number of benzene rings is 3. The van der Waals surface area contributed by atoms with Gasteiger partial charge in [0.1, 0.15) is 12.1 Å². The number of ether oxygens (including phenoxy) is 1. The van der Waals surface area contributed by atoms with Gasteiger partial charge in [0.2, 0.25) is 0 Å². The van der Waals surface area contributed by atoms with Crippen molar-refractivity contribution in [1.82, 2.24) is 14.8 Å². The molecule has 11 heteroatoms. The largest absolute Gasteiger partial charge is 0.573 e. The van der Waals surface area contributed by atoms with Crippen LogP contribution in [0.3, 0.4) is 0 Å². The van der Waals surface area contributed by atoms with Crippen LogP contribution < -0.4 is 15.9 Å². The molecule has 37 heavy (non-hydrogen) atoms. The van der Waals surface area contributed by atoms with Crippen LogP contribution in [0.5, 0.6) is 5.75 Å². The predicted octanol–water partition coefficient (Wildman–Crippen LogP) is 6.30. The van der Waals surface area contributed by atoms with Crippen LogP contribution in [-0.2, 0) is 0 Å². The molecule has 1 heterocycles. The summed E-state index contributed by atoms with van der Waals surface area (Å²) in [7, 11) is 0. The highest BCUT2D eigenvalue weighted by Gasteiger charge is 2.31. The quantitative estimate of drug-likeness (QED) is 0.167. The van der Waals surface area contributed by atoms with Crippen molar-refractivity contribution < 1.29 is 17.9 Å². The zero-order valence-corrected chi connectivity index (χ0v) is 20.9. The topological polar surface area (TPSA) is 90.3 Å². The van der Waals surface area contributed by atoms with Gasteiger partial charge in [0.25, 0.3) is 0 Å². The van der Waals surface area contributed by atoms with Crippen LogP contribution in [0.25, 0.3) is 17.1 Å². The third-order valence-corrected chi connectivity index (χ3v) is 4.98. The molecule has 3 N–H and O–H groups in total. The van der Waals surface area contributed by atoms with Crippen LogP contribution in [0.1, 0.15) is 30.9 Å². The van der Waals surface area contributed by atoms with Crippen molar-refractivity contribution in [2.45, 2.75) is 26.1 Å². The Morgan fingerprint density at radius 3 is 2.30 bits per heavy atom. The first-order valence-corrected chi connectivity index (χ1v) is 11.6. The first kappa shape index (κ1) is 27.3. The maximum absolute atomic E-state index is 12.3. The van der Waals surface area contributed by atoms with Gasteiger partial charge in [0.15, 0.2) is 5.82 Å². The summed E-state index contributed by atoms with van der Waals surface area (Å²) in [4.78, 5) is 4.30. The van der Waals surface area contributed by atoms with Crippen LogP contribution in [0.2, 0.25) is 0 Å². The molecule has 3 aromatic carbocycles. The van der Waals surface area contributed by atoms with Gasteiger partial charge in [-0.25, -0.2) is 9.67 Å². The Morgan fingerprint density at radius 1 is 1.03 bits per heavy atom. The summed E-state index contributed by atoms with van der Waals surface area (Å²) in [5.41, 5.74) is 13.1. The van der Waals surface area contributed by atoms with Crippen molar-refractivity contribution in [3.05, 3.63) is 90.3 Å².